The van der Waals surface area contributed by atoms with E-state index in [2.05, 4.69) is 0 Å². The van der Waals surface area contributed by atoms with Gasteiger partial charge in [0, 0.05) is 6.04 Å². The minimum Gasteiger partial charge on any atom is -0.446 e. The molecular formula is C11H19N3O4S. The van der Waals surface area contributed by atoms with Gasteiger partial charge in [-0.05, 0) is 26.7 Å². The van der Waals surface area contributed by atoms with E-state index in [4.69, 9.17) is 10.00 Å². The second kappa shape index (κ2) is 6.73. The molecule has 19 heavy (non-hydrogen) atoms. The van der Waals surface area contributed by atoms with Crippen LogP contribution < -0.4 is 4.72 Å². The Morgan fingerprint density at radius 2 is 2.05 bits per heavy atom. The average molecular weight is 289 g/mol. The number of hydrogen-bond donors (Lipinski definition) is 1. The van der Waals surface area contributed by atoms with E-state index in [-0.39, 0.29) is 12.6 Å². The number of nitrogens with one attached hydrogen (secondary N) is 1. The van der Waals surface area contributed by atoms with Gasteiger partial charge in [-0.1, -0.05) is 12.8 Å². The molecule has 1 fully saturated rings. The third-order valence-electron chi connectivity index (χ3n) is 2.82. The van der Waals surface area contributed by atoms with Crippen molar-refractivity contribution in [1.82, 2.24) is 9.03 Å². The van der Waals surface area contributed by atoms with Crippen LogP contribution in [0.3, 0.4) is 0 Å². The van der Waals surface area contributed by atoms with E-state index in [9.17, 15) is 13.2 Å². The number of nitrogens with zero attached hydrogens (tertiary/aromatic N) is 2. The Morgan fingerprint density at radius 1 is 1.47 bits per heavy atom. The lowest BCUT2D eigenvalue weighted by Crippen LogP contribution is -2.48. The lowest BCUT2D eigenvalue weighted by Gasteiger charge is -2.25. The minimum absolute atomic E-state index is 0.219. The van der Waals surface area contributed by atoms with Gasteiger partial charge in [0.15, 0.2) is 0 Å². The van der Waals surface area contributed by atoms with Crippen LogP contribution in [0.5, 0.6) is 0 Å². The Hall–Kier alpha value is -1.33. The molecule has 1 saturated carbocycles. The molecule has 0 heterocycles. The molecule has 1 aliphatic carbocycles. The highest BCUT2D eigenvalue weighted by molar-refractivity contribution is 7.87. The predicted octanol–water partition coefficient (Wildman–Crippen LogP) is 1.13. The molecular weight excluding hydrogens is 270 g/mol. The molecule has 0 saturated heterocycles. The van der Waals surface area contributed by atoms with Crippen molar-refractivity contribution in [3.05, 3.63) is 0 Å². The fourth-order valence-electron chi connectivity index (χ4n) is 2.07. The Morgan fingerprint density at radius 3 is 2.53 bits per heavy atom. The van der Waals surface area contributed by atoms with Gasteiger partial charge in [0.05, 0.1) is 12.2 Å². The first-order valence-electron chi connectivity index (χ1n) is 6.24. The van der Waals surface area contributed by atoms with E-state index in [1.165, 1.54) is 0 Å². The van der Waals surface area contributed by atoms with Gasteiger partial charge in [-0.25, -0.2) is 9.52 Å². The van der Waals surface area contributed by atoms with Gasteiger partial charge in [0.25, 0.3) is 0 Å². The van der Waals surface area contributed by atoms with E-state index in [0.717, 1.165) is 17.1 Å². The van der Waals surface area contributed by atoms with Crippen LogP contribution in [-0.2, 0) is 14.9 Å². The molecule has 108 valence electrons. The molecule has 1 rings (SSSR count). The molecule has 7 nitrogen and oxygen atoms in total. The van der Waals surface area contributed by atoms with Crippen LogP contribution in [0.2, 0.25) is 0 Å². The van der Waals surface area contributed by atoms with Crippen LogP contribution >= 0.6 is 0 Å². The fraction of sp³-hybridized carbons (Fsp3) is 0.818. The summed E-state index contributed by atoms with van der Waals surface area (Å²) in [5.74, 6) is 0. The maximum absolute atomic E-state index is 12.1. The molecule has 1 amide bonds. The van der Waals surface area contributed by atoms with Crippen molar-refractivity contribution in [1.29, 1.82) is 5.26 Å². The van der Waals surface area contributed by atoms with E-state index in [1.54, 1.807) is 13.8 Å². The second-order valence-electron chi connectivity index (χ2n) is 4.70. The molecule has 0 bridgehead atoms. The molecule has 8 heteroatoms. The number of carbonyl (C=O) groups is 1. The summed E-state index contributed by atoms with van der Waals surface area (Å²) in [4.78, 5) is 11.4. The number of rotatable bonds is 5. The van der Waals surface area contributed by atoms with Crippen LogP contribution in [0.4, 0.5) is 4.79 Å². The zero-order valence-electron chi connectivity index (χ0n) is 11.1. The normalized spacial score (nSPS) is 16.6. The largest absolute Gasteiger partial charge is 0.446 e. The molecule has 0 spiro atoms. The Kier molecular flexibility index (Phi) is 5.57. The van der Waals surface area contributed by atoms with Crippen molar-refractivity contribution in [2.75, 3.05) is 6.54 Å². The minimum atomic E-state index is -4.03. The molecule has 0 radical (unpaired) electrons. The zero-order chi connectivity index (χ0) is 14.5. The smallest absolute Gasteiger partial charge is 0.422 e. The van der Waals surface area contributed by atoms with Crippen LogP contribution in [0.1, 0.15) is 39.5 Å². The number of hydrogen-bond acceptors (Lipinski definition) is 5. The fourth-order valence-corrected chi connectivity index (χ4v) is 3.28. The van der Waals surface area contributed by atoms with Crippen molar-refractivity contribution in [3.63, 3.8) is 0 Å². The first-order valence-corrected chi connectivity index (χ1v) is 7.68. The summed E-state index contributed by atoms with van der Waals surface area (Å²) in [6, 6.07) is 1.60. The summed E-state index contributed by atoms with van der Waals surface area (Å²) < 4.78 is 31.7. The maximum Gasteiger partial charge on any atom is 0.422 e. The lowest BCUT2D eigenvalue weighted by atomic mass is 10.2. The van der Waals surface area contributed by atoms with E-state index in [1.807, 2.05) is 10.8 Å². The summed E-state index contributed by atoms with van der Waals surface area (Å²) >= 11 is 0. The Labute approximate surface area is 113 Å². The highest BCUT2D eigenvalue weighted by Gasteiger charge is 2.33. The highest BCUT2D eigenvalue weighted by atomic mass is 32.2. The van der Waals surface area contributed by atoms with E-state index < -0.39 is 22.4 Å². The van der Waals surface area contributed by atoms with Gasteiger partial charge in [0.2, 0.25) is 0 Å². The first-order chi connectivity index (χ1) is 8.86. The molecule has 0 unspecified atom stereocenters. The van der Waals surface area contributed by atoms with Gasteiger partial charge in [-0.3, -0.25) is 0 Å². The topological polar surface area (TPSA) is 99.5 Å². The van der Waals surface area contributed by atoms with Crippen LogP contribution in [0.15, 0.2) is 0 Å². The van der Waals surface area contributed by atoms with Gasteiger partial charge in [0.1, 0.15) is 6.54 Å². The average Bonchev–Trinajstić information content (AvgIpc) is 2.76. The number of nitriles is 1. The lowest BCUT2D eigenvalue weighted by molar-refractivity contribution is 0.120. The van der Waals surface area contributed by atoms with Crippen molar-refractivity contribution in [2.24, 2.45) is 0 Å². The molecule has 0 aromatic carbocycles. The van der Waals surface area contributed by atoms with E-state index in [0.29, 0.717) is 12.8 Å². The second-order valence-corrected chi connectivity index (χ2v) is 6.33. The standard InChI is InChI=1S/C11H19N3O4S/c1-9(2)18-11(15)13-19(16,17)14(8-7-12)10-5-3-4-6-10/h9-10H,3-6,8H2,1-2H3,(H,13,15). The van der Waals surface area contributed by atoms with E-state index >= 15 is 0 Å². The third-order valence-corrected chi connectivity index (χ3v) is 4.29. The highest BCUT2D eigenvalue weighted by Crippen LogP contribution is 2.24. The number of carbonyl (C=O) groups excluding carboxylic acids is 1. The van der Waals surface area contributed by atoms with Crippen LogP contribution in [-0.4, -0.2) is 37.5 Å². The van der Waals surface area contributed by atoms with Gasteiger partial charge in [-0.15, -0.1) is 0 Å². The summed E-state index contributed by atoms with van der Waals surface area (Å²) in [5.41, 5.74) is 0. The van der Waals surface area contributed by atoms with Crippen molar-refractivity contribution in [3.8, 4) is 6.07 Å². The molecule has 0 aliphatic heterocycles. The first kappa shape index (κ1) is 15.7. The quantitative estimate of drug-likeness (QED) is 0.765. The predicted molar refractivity (Wildman–Crippen MR) is 68.2 cm³/mol. The Balaban J connectivity index is 2.76. The molecule has 0 atom stereocenters. The van der Waals surface area contributed by atoms with Crippen LogP contribution in [0, 0.1) is 11.3 Å². The SMILES string of the molecule is CC(C)OC(=O)NS(=O)(=O)N(CC#N)C1CCCC1. The van der Waals surface area contributed by atoms with Crippen molar-refractivity contribution in [2.45, 2.75) is 51.7 Å². The van der Waals surface area contributed by atoms with Crippen LogP contribution in [0.25, 0.3) is 0 Å². The molecule has 1 aliphatic rings. The van der Waals surface area contributed by atoms with Gasteiger partial charge < -0.3 is 4.74 Å². The third kappa shape index (κ3) is 4.69. The van der Waals surface area contributed by atoms with Crippen molar-refractivity contribution >= 4 is 16.3 Å². The maximum atomic E-state index is 12.1. The van der Waals surface area contributed by atoms with Crippen molar-refractivity contribution < 1.29 is 17.9 Å². The monoisotopic (exact) mass is 289 g/mol. The summed E-state index contributed by atoms with van der Waals surface area (Å²) in [5, 5.41) is 8.74. The molecule has 0 aromatic rings. The summed E-state index contributed by atoms with van der Waals surface area (Å²) in [6.07, 6.45) is 1.85. The Bertz CT molecular complexity index is 449. The molecule has 0 aromatic heterocycles. The summed E-state index contributed by atoms with van der Waals surface area (Å²) in [6.45, 7) is 2.97. The zero-order valence-corrected chi connectivity index (χ0v) is 11.9. The number of ether oxygens (including phenoxy) is 1. The molecule has 1 N–H and O–H groups in total. The number of amides is 1. The van der Waals surface area contributed by atoms with Gasteiger partial charge >= 0.3 is 16.3 Å². The van der Waals surface area contributed by atoms with Gasteiger partial charge in [-0.2, -0.15) is 18.0 Å². The summed E-state index contributed by atoms with van der Waals surface area (Å²) in [7, 11) is -4.03.